The quantitative estimate of drug-likeness (QED) is 0.420. The molecule has 2 aromatic rings. The summed E-state index contributed by atoms with van der Waals surface area (Å²) < 4.78 is 39.1. The highest BCUT2D eigenvalue weighted by Crippen LogP contribution is 2.38. The summed E-state index contributed by atoms with van der Waals surface area (Å²) in [6, 6.07) is 11.2. The monoisotopic (exact) mass is 522 g/mol. The molecule has 0 aromatic heterocycles. The minimum Gasteiger partial charge on any atom is -0.402 e. The molecular formula is C29H33BF2N2O4. The molecule has 0 aliphatic carbocycles. The van der Waals surface area contributed by atoms with Crippen LogP contribution in [0, 0.1) is 11.6 Å². The second-order valence-electron chi connectivity index (χ2n) is 10.7. The molecule has 9 heteroatoms. The number of carbonyl (C=O) groups is 2. The van der Waals surface area contributed by atoms with Gasteiger partial charge in [-0.25, -0.2) is 13.6 Å². The van der Waals surface area contributed by atoms with Gasteiger partial charge in [0.15, 0.2) is 5.78 Å². The van der Waals surface area contributed by atoms with Gasteiger partial charge in [-0.2, -0.15) is 0 Å². The van der Waals surface area contributed by atoms with E-state index in [0.29, 0.717) is 28.7 Å². The first-order valence-electron chi connectivity index (χ1n) is 12.8. The zero-order valence-electron chi connectivity index (χ0n) is 22.4. The van der Waals surface area contributed by atoms with Crippen LogP contribution in [0.5, 0.6) is 0 Å². The summed E-state index contributed by atoms with van der Waals surface area (Å²) in [4.78, 5) is 28.4. The molecule has 38 heavy (non-hydrogen) atoms. The van der Waals surface area contributed by atoms with Crippen molar-refractivity contribution in [3.05, 3.63) is 82.4 Å². The molecule has 6 nitrogen and oxygen atoms in total. The molecule has 1 atom stereocenters. The predicted octanol–water partition coefficient (Wildman–Crippen LogP) is 5.44. The number of piperidine rings is 1. The van der Waals surface area contributed by atoms with E-state index in [0.717, 1.165) is 0 Å². The van der Waals surface area contributed by atoms with Gasteiger partial charge in [0.05, 0.1) is 30.2 Å². The van der Waals surface area contributed by atoms with E-state index < -0.39 is 24.3 Å². The van der Waals surface area contributed by atoms with Crippen molar-refractivity contribution in [1.29, 1.82) is 0 Å². The Bertz CT molecular complexity index is 1170. The smallest absolute Gasteiger partial charge is 0.402 e. The Morgan fingerprint density at radius 1 is 0.921 bits per heavy atom. The van der Waals surface area contributed by atoms with Gasteiger partial charge in [0.25, 0.3) is 0 Å². The molecule has 4 rings (SSSR count). The number of ketones is 1. The number of likely N-dealkylation sites (tertiary alicyclic amines) is 1. The largest absolute Gasteiger partial charge is 0.481 e. The highest BCUT2D eigenvalue weighted by Gasteiger charge is 2.54. The number of halogens is 2. The number of rotatable bonds is 5. The Hall–Kier alpha value is -3.30. The maximum atomic E-state index is 13.5. The van der Waals surface area contributed by atoms with Crippen molar-refractivity contribution >= 4 is 31.1 Å². The molecule has 2 amide bonds. The van der Waals surface area contributed by atoms with Crippen LogP contribution in [0.1, 0.15) is 52.2 Å². The number of carbonyl (C=O) groups excluding carboxylic acids is 2. The lowest BCUT2D eigenvalue weighted by molar-refractivity contribution is -0.113. The van der Waals surface area contributed by atoms with Gasteiger partial charge in [0.1, 0.15) is 11.6 Å². The molecular weight excluding hydrogens is 489 g/mol. The number of Topliss-reactive ketones (excluding diaryl/α,β-unsaturated/α-hetero) is 1. The van der Waals surface area contributed by atoms with E-state index in [1.165, 1.54) is 24.3 Å². The number of urea groups is 1. The third kappa shape index (κ3) is 6.05. The van der Waals surface area contributed by atoms with Crippen LogP contribution < -0.4 is 5.32 Å². The first-order chi connectivity index (χ1) is 17.9. The zero-order valence-corrected chi connectivity index (χ0v) is 22.4. The lowest BCUT2D eigenvalue weighted by Gasteiger charge is -2.32. The van der Waals surface area contributed by atoms with E-state index >= 15 is 0 Å². The van der Waals surface area contributed by atoms with E-state index in [9.17, 15) is 18.4 Å². The fourth-order valence-electron chi connectivity index (χ4n) is 4.37. The molecule has 2 saturated heterocycles. The van der Waals surface area contributed by atoms with Crippen molar-refractivity contribution in [2.75, 3.05) is 13.1 Å². The lowest BCUT2D eigenvalue weighted by atomic mass is 9.76. The first-order valence-corrected chi connectivity index (χ1v) is 12.8. The molecule has 2 aromatic carbocycles. The summed E-state index contributed by atoms with van der Waals surface area (Å²) in [5.41, 5.74) is 0.973. The first kappa shape index (κ1) is 27.7. The number of benzene rings is 2. The van der Waals surface area contributed by atoms with E-state index in [4.69, 9.17) is 9.31 Å². The van der Waals surface area contributed by atoms with Gasteiger partial charge in [-0.3, -0.25) is 4.79 Å². The summed E-state index contributed by atoms with van der Waals surface area (Å²) in [6.45, 7) is 9.90. The van der Waals surface area contributed by atoms with Crippen LogP contribution in [-0.2, 0) is 14.1 Å². The van der Waals surface area contributed by atoms with Crippen molar-refractivity contribution in [1.82, 2.24) is 10.2 Å². The molecule has 2 aliphatic heterocycles. The van der Waals surface area contributed by atoms with E-state index in [1.807, 2.05) is 34.6 Å². The van der Waals surface area contributed by atoms with Gasteiger partial charge in [-0.05, 0) is 81.7 Å². The summed E-state index contributed by atoms with van der Waals surface area (Å²) >= 11 is 0. The fourth-order valence-corrected chi connectivity index (χ4v) is 4.37. The van der Waals surface area contributed by atoms with Crippen LogP contribution in [0.3, 0.4) is 0 Å². The Balaban J connectivity index is 1.60. The standard InChI is InChI=1S/C29H33BF2N2O4/c1-6-25(30-37-28(2,3)29(4,5)38-30)33-27(36)34-17-21(15-19-7-11-23(31)12-8-19)26(35)22(18-34)16-20-9-13-24(32)14-10-20/h7-16,25H,6,17-18H2,1-5H3,(H,33,36)/b21-15+,22-16+/t25-/m0/s1. The molecule has 0 radical (unpaired) electrons. The highest BCUT2D eigenvalue weighted by molar-refractivity contribution is 6.48. The minimum atomic E-state index is -0.621. The summed E-state index contributed by atoms with van der Waals surface area (Å²) in [7, 11) is -0.621. The maximum absolute atomic E-state index is 13.5. The van der Waals surface area contributed by atoms with Crippen molar-refractivity contribution in [3.8, 4) is 0 Å². The van der Waals surface area contributed by atoms with Crippen LogP contribution in [0.2, 0.25) is 0 Å². The number of hydrogen-bond acceptors (Lipinski definition) is 4. The van der Waals surface area contributed by atoms with Gasteiger partial charge in [0, 0.05) is 11.1 Å². The average molecular weight is 522 g/mol. The van der Waals surface area contributed by atoms with Crippen molar-refractivity contribution in [2.45, 2.75) is 58.2 Å². The Morgan fingerprint density at radius 3 is 1.74 bits per heavy atom. The minimum absolute atomic E-state index is 0.0720. The lowest BCUT2D eigenvalue weighted by Crippen LogP contribution is -2.54. The maximum Gasteiger partial charge on any atom is 0.481 e. The van der Waals surface area contributed by atoms with Crippen LogP contribution in [0.25, 0.3) is 12.2 Å². The Morgan fingerprint density at radius 2 is 1.34 bits per heavy atom. The van der Waals surface area contributed by atoms with Crippen LogP contribution in [0.4, 0.5) is 13.6 Å². The highest BCUT2D eigenvalue weighted by atomic mass is 19.1. The van der Waals surface area contributed by atoms with Gasteiger partial charge < -0.3 is 19.5 Å². The van der Waals surface area contributed by atoms with Crippen molar-refractivity contribution in [2.24, 2.45) is 0 Å². The third-order valence-electron chi connectivity index (χ3n) is 7.36. The molecule has 0 saturated carbocycles. The third-order valence-corrected chi connectivity index (χ3v) is 7.36. The van der Waals surface area contributed by atoms with Crippen LogP contribution in [0.15, 0.2) is 59.7 Å². The summed E-state index contributed by atoms with van der Waals surface area (Å²) in [5.74, 6) is -1.39. The normalized spacial score (nSPS) is 21.7. The van der Waals surface area contributed by atoms with Crippen molar-refractivity contribution in [3.63, 3.8) is 0 Å². The number of hydrogen-bond donors (Lipinski definition) is 1. The topological polar surface area (TPSA) is 67.9 Å². The van der Waals surface area contributed by atoms with E-state index in [-0.39, 0.29) is 36.5 Å². The molecule has 2 aliphatic rings. The molecule has 0 bridgehead atoms. The van der Waals surface area contributed by atoms with E-state index in [1.54, 1.807) is 41.3 Å². The second-order valence-corrected chi connectivity index (χ2v) is 10.7. The van der Waals surface area contributed by atoms with Gasteiger partial charge in [-0.1, -0.05) is 31.2 Å². The summed E-state index contributed by atoms with van der Waals surface area (Å²) in [5, 5.41) is 3.02. The molecule has 1 N–H and O–H groups in total. The van der Waals surface area contributed by atoms with E-state index in [2.05, 4.69) is 5.32 Å². The van der Waals surface area contributed by atoms with Gasteiger partial charge in [0.2, 0.25) is 0 Å². The number of nitrogens with one attached hydrogen (secondary N) is 1. The molecule has 200 valence electrons. The molecule has 0 unspecified atom stereocenters. The Kier molecular flexibility index (Phi) is 7.90. The molecule has 2 fully saturated rings. The Labute approximate surface area is 222 Å². The number of nitrogens with zero attached hydrogens (tertiary/aromatic N) is 1. The zero-order chi connectivity index (χ0) is 27.7. The SMILES string of the molecule is CC[C@H](NC(=O)N1C/C(=C\c2ccc(F)cc2)C(=O)/C(=C/c2ccc(F)cc2)C1)B1OC(C)(C)C(C)(C)O1. The summed E-state index contributed by atoms with van der Waals surface area (Å²) in [6.07, 6.45) is 3.89. The van der Waals surface area contributed by atoms with Gasteiger partial charge >= 0.3 is 13.1 Å². The van der Waals surface area contributed by atoms with Crippen LogP contribution in [-0.4, -0.2) is 54.1 Å². The molecule has 2 heterocycles. The second kappa shape index (κ2) is 10.8. The average Bonchev–Trinajstić information content (AvgIpc) is 3.08. The van der Waals surface area contributed by atoms with Crippen LogP contribution >= 0.6 is 0 Å². The predicted molar refractivity (Wildman–Crippen MR) is 144 cm³/mol. The van der Waals surface area contributed by atoms with Crippen molar-refractivity contribution < 1.29 is 27.7 Å². The fraction of sp³-hybridized carbons (Fsp3) is 0.379. The number of amides is 2. The molecule has 0 spiro atoms. The van der Waals surface area contributed by atoms with Gasteiger partial charge in [-0.15, -0.1) is 0 Å².